The standard InChI is InChI=1S/C11H15Cl/c1-4-9-10(8(2)3)6-5-7-11(9)12/h5-8H,4H2,1-3H3. The van der Waals surface area contributed by atoms with E-state index in [4.69, 9.17) is 11.6 Å². The summed E-state index contributed by atoms with van der Waals surface area (Å²) in [4.78, 5) is 0. The molecule has 0 nitrogen and oxygen atoms in total. The molecule has 0 aliphatic rings. The molecule has 0 fully saturated rings. The summed E-state index contributed by atoms with van der Waals surface area (Å²) in [7, 11) is 0. The zero-order valence-corrected chi connectivity index (χ0v) is 8.65. The third-order valence-corrected chi connectivity index (χ3v) is 2.48. The van der Waals surface area contributed by atoms with Crippen LogP contribution in [0.5, 0.6) is 0 Å². The molecular formula is C11H15Cl. The second kappa shape index (κ2) is 3.95. The van der Waals surface area contributed by atoms with Gasteiger partial charge in [0.05, 0.1) is 0 Å². The molecule has 0 aliphatic heterocycles. The number of halogens is 1. The van der Waals surface area contributed by atoms with Crippen molar-refractivity contribution in [3.05, 3.63) is 34.3 Å². The maximum Gasteiger partial charge on any atom is 0.0440 e. The van der Waals surface area contributed by atoms with Gasteiger partial charge in [0.15, 0.2) is 0 Å². The summed E-state index contributed by atoms with van der Waals surface area (Å²) in [6, 6.07) is 6.15. The highest BCUT2D eigenvalue weighted by molar-refractivity contribution is 6.31. The van der Waals surface area contributed by atoms with Crippen LogP contribution >= 0.6 is 11.6 Å². The van der Waals surface area contributed by atoms with E-state index in [1.165, 1.54) is 11.1 Å². The van der Waals surface area contributed by atoms with Gasteiger partial charge in [-0.2, -0.15) is 0 Å². The van der Waals surface area contributed by atoms with Crippen LogP contribution in [0.4, 0.5) is 0 Å². The third-order valence-electron chi connectivity index (χ3n) is 2.13. The van der Waals surface area contributed by atoms with Crippen molar-refractivity contribution in [1.29, 1.82) is 0 Å². The fraction of sp³-hybridized carbons (Fsp3) is 0.455. The molecule has 0 aliphatic carbocycles. The molecule has 0 heterocycles. The van der Waals surface area contributed by atoms with Crippen molar-refractivity contribution in [2.75, 3.05) is 0 Å². The fourth-order valence-corrected chi connectivity index (χ4v) is 1.80. The summed E-state index contributed by atoms with van der Waals surface area (Å²) in [5, 5.41) is 0.906. The van der Waals surface area contributed by atoms with Gasteiger partial charge in [0.25, 0.3) is 0 Å². The third kappa shape index (κ3) is 1.81. The summed E-state index contributed by atoms with van der Waals surface area (Å²) in [6.45, 7) is 6.54. The first kappa shape index (κ1) is 9.60. The molecule has 0 amide bonds. The zero-order valence-electron chi connectivity index (χ0n) is 7.89. The highest BCUT2D eigenvalue weighted by Crippen LogP contribution is 2.26. The molecule has 0 N–H and O–H groups in total. The topological polar surface area (TPSA) is 0 Å². The van der Waals surface area contributed by atoms with Crippen LogP contribution in [0.2, 0.25) is 5.02 Å². The Kier molecular flexibility index (Phi) is 3.16. The molecule has 0 unspecified atom stereocenters. The maximum absolute atomic E-state index is 6.07. The predicted octanol–water partition coefficient (Wildman–Crippen LogP) is 4.03. The molecule has 0 aromatic heterocycles. The molecule has 0 saturated heterocycles. The van der Waals surface area contributed by atoms with Gasteiger partial charge in [0, 0.05) is 5.02 Å². The van der Waals surface area contributed by atoms with Crippen molar-refractivity contribution < 1.29 is 0 Å². The Balaban J connectivity index is 3.18. The fourth-order valence-electron chi connectivity index (χ4n) is 1.49. The van der Waals surface area contributed by atoms with Crippen molar-refractivity contribution in [3.8, 4) is 0 Å². The van der Waals surface area contributed by atoms with Crippen molar-refractivity contribution in [1.82, 2.24) is 0 Å². The van der Waals surface area contributed by atoms with Crippen LogP contribution in [0.15, 0.2) is 18.2 Å². The Bertz CT molecular complexity index is 264. The smallest absolute Gasteiger partial charge is 0.0440 e. The Morgan fingerprint density at radius 2 is 2.00 bits per heavy atom. The number of benzene rings is 1. The Hall–Kier alpha value is -0.490. The maximum atomic E-state index is 6.07. The van der Waals surface area contributed by atoms with E-state index in [9.17, 15) is 0 Å². The summed E-state index contributed by atoms with van der Waals surface area (Å²) < 4.78 is 0. The molecule has 1 heteroatoms. The Morgan fingerprint density at radius 3 is 2.42 bits per heavy atom. The van der Waals surface area contributed by atoms with Gasteiger partial charge in [-0.05, 0) is 29.5 Å². The van der Waals surface area contributed by atoms with E-state index in [-0.39, 0.29) is 0 Å². The first-order valence-electron chi connectivity index (χ1n) is 4.44. The van der Waals surface area contributed by atoms with Crippen LogP contribution in [-0.2, 0) is 6.42 Å². The molecule has 1 rings (SSSR count). The van der Waals surface area contributed by atoms with Crippen LogP contribution in [0, 0.1) is 0 Å². The average Bonchev–Trinajstić information content (AvgIpc) is 2.03. The summed E-state index contributed by atoms with van der Waals surface area (Å²) in [5.41, 5.74) is 2.68. The lowest BCUT2D eigenvalue weighted by molar-refractivity contribution is 0.844. The van der Waals surface area contributed by atoms with E-state index in [2.05, 4.69) is 26.8 Å². The van der Waals surface area contributed by atoms with Crippen molar-refractivity contribution in [2.24, 2.45) is 0 Å². The Labute approximate surface area is 79.6 Å². The number of hydrogen-bond acceptors (Lipinski definition) is 0. The quantitative estimate of drug-likeness (QED) is 0.648. The van der Waals surface area contributed by atoms with Crippen LogP contribution < -0.4 is 0 Å². The van der Waals surface area contributed by atoms with E-state index >= 15 is 0 Å². The van der Waals surface area contributed by atoms with E-state index in [0.717, 1.165) is 11.4 Å². The van der Waals surface area contributed by atoms with Crippen molar-refractivity contribution in [2.45, 2.75) is 33.1 Å². The molecule has 0 spiro atoms. The minimum absolute atomic E-state index is 0.568. The highest BCUT2D eigenvalue weighted by Gasteiger charge is 2.07. The predicted molar refractivity (Wildman–Crippen MR) is 54.9 cm³/mol. The summed E-state index contributed by atoms with van der Waals surface area (Å²) in [6.07, 6.45) is 1.02. The van der Waals surface area contributed by atoms with Gasteiger partial charge < -0.3 is 0 Å². The molecule has 12 heavy (non-hydrogen) atoms. The summed E-state index contributed by atoms with van der Waals surface area (Å²) >= 11 is 6.07. The minimum atomic E-state index is 0.568. The first-order chi connectivity index (χ1) is 5.66. The second-order valence-corrected chi connectivity index (χ2v) is 3.72. The lowest BCUT2D eigenvalue weighted by Gasteiger charge is -2.12. The highest BCUT2D eigenvalue weighted by atomic mass is 35.5. The minimum Gasteiger partial charge on any atom is -0.0840 e. The average molecular weight is 183 g/mol. The van der Waals surface area contributed by atoms with Gasteiger partial charge in [-0.1, -0.05) is 44.5 Å². The van der Waals surface area contributed by atoms with Gasteiger partial charge in [-0.3, -0.25) is 0 Å². The van der Waals surface area contributed by atoms with E-state index in [1.54, 1.807) is 0 Å². The largest absolute Gasteiger partial charge is 0.0840 e. The molecule has 0 atom stereocenters. The van der Waals surface area contributed by atoms with E-state index < -0.39 is 0 Å². The molecule has 1 aromatic carbocycles. The van der Waals surface area contributed by atoms with Gasteiger partial charge in [0.1, 0.15) is 0 Å². The first-order valence-corrected chi connectivity index (χ1v) is 4.81. The normalized spacial score (nSPS) is 10.8. The number of hydrogen-bond donors (Lipinski definition) is 0. The van der Waals surface area contributed by atoms with Crippen LogP contribution in [0.25, 0.3) is 0 Å². The number of rotatable bonds is 2. The van der Waals surface area contributed by atoms with Crippen LogP contribution in [0.3, 0.4) is 0 Å². The molecule has 0 bridgehead atoms. The van der Waals surface area contributed by atoms with E-state index in [0.29, 0.717) is 5.92 Å². The lowest BCUT2D eigenvalue weighted by atomic mass is 9.96. The van der Waals surface area contributed by atoms with Gasteiger partial charge in [-0.15, -0.1) is 0 Å². The van der Waals surface area contributed by atoms with Gasteiger partial charge in [-0.25, -0.2) is 0 Å². The molecule has 0 saturated carbocycles. The Morgan fingerprint density at radius 1 is 1.33 bits per heavy atom. The molecular weight excluding hydrogens is 168 g/mol. The van der Waals surface area contributed by atoms with Gasteiger partial charge in [0.2, 0.25) is 0 Å². The van der Waals surface area contributed by atoms with E-state index in [1.807, 2.05) is 12.1 Å². The van der Waals surface area contributed by atoms with Crippen molar-refractivity contribution in [3.63, 3.8) is 0 Å². The monoisotopic (exact) mass is 182 g/mol. The SMILES string of the molecule is CCc1c(Cl)cccc1C(C)C. The van der Waals surface area contributed by atoms with Crippen molar-refractivity contribution >= 4 is 11.6 Å². The molecule has 1 aromatic rings. The van der Waals surface area contributed by atoms with Crippen LogP contribution in [0.1, 0.15) is 37.8 Å². The second-order valence-electron chi connectivity index (χ2n) is 3.32. The summed E-state index contributed by atoms with van der Waals surface area (Å²) in [5.74, 6) is 0.568. The zero-order chi connectivity index (χ0) is 9.14. The molecule has 66 valence electrons. The lowest BCUT2D eigenvalue weighted by Crippen LogP contribution is -1.95. The molecule has 0 radical (unpaired) electrons. The van der Waals surface area contributed by atoms with Gasteiger partial charge >= 0.3 is 0 Å². The van der Waals surface area contributed by atoms with Crippen LogP contribution in [-0.4, -0.2) is 0 Å².